The van der Waals surface area contributed by atoms with Crippen molar-refractivity contribution in [2.24, 2.45) is 11.3 Å². The SMILES string of the molecule is COCCC(C)(C)CNCC1CC(C)CCN1. The molecule has 0 saturated carbocycles. The average Bonchev–Trinajstić information content (AvgIpc) is 2.26. The van der Waals surface area contributed by atoms with Crippen LogP contribution in [0.2, 0.25) is 0 Å². The Kier molecular flexibility index (Phi) is 6.45. The molecule has 1 aliphatic rings. The van der Waals surface area contributed by atoms with Gasteiger partial charge in [-0.05, 0) is 37.1 Å². The van der Waals surface area contributed by atoms with Crippen LogP contribution in [0.15, 0.2) is 0 Å². The van der Waals surface area contributed by atoms with Gasteiger partial charge < -0.3 is 15.4 Å². The van der Waals surface area contributed by atoms with Crippen LogP contribution < -0.4 is 10.6 Å². The molecule has 0 aromatic heterocycles. The van der Waals surface area contributed by atoms with E-state index < -0.39 is 0 Å². The molecule has 1 fully saturated rings. The highest BCUT2D eigenvalue weighted by atomic mass is 16.5. The summed E-state index contributed by atoms with van der Waals surface area (Å²) in [5.74, 6) is 0.879. The Hall–Kier alpha value is -0.120. The molecule has 0 radical (unpaired) electrons. The second-order valence-electron chi connectivity index (χ2n) is 6.32. The van der Waals surface area contributed by atoms with Crippen LogP contribution in [-0.4, -0.2) is 39.4 Å². The molecule has 3 nitrogen and oxygen atoms in total. The quantitative estimate of drug-likeness (QED) is 0.716. The summed E-state index contributed by atoms with van der Waals surface area (Å²) in [6, 6.07) is 0.664. The molecule has 0 bridgehead atoms. The van der Waals surface area contributed by atoms with Crippen molar-refractivity contribution < 1.29 is 4.74 Å². The smallest absolute Gasteiger partial charge is 0.0467 e. The van der Waals surface area contributed by atoms with Gasteiger partial charge in [0.15, 0.2) is 0 Å². The van der Waals surface area contributed by atoms with Crippen molar-refractivity contribution >= 4 is 0 Å². The Bertz CT molecular complexity index is 206. The monoisotopic (exact) mass is 242 g/mol. The fourth-order valence-corrected chi connectivity index (χ4v) is 2.43. The molecule has 1 aliphatic heterocycles. The third-order valence-corrected chi connectivity index (χ3v) is 3.73. The average molecular weight is 242 g/mol. The molecule has 2 unspecified atom stereocenters. The fraction of sp³-hybridized carbons (Fsp3) is 1.00. The molecule has 2 atom stereocenters. The summed E-state index contributed by atoms with van der Waals surface area (Å²) in [6.07, 6.45) is 3.76. The van der Waals surface area contributed by atoms with Crippen molar-refractivity contribution in [2.45, 2.75) is 46.1 Å². The molecule has 1 saturated heterocycles. The summed E-state index contributed by atoms with van der Waals surface area (Å²) in [7, 11) is 1.77. The normalized spacial score (nSPS) is 26.1. The number of nitrogens with one attached hydrogen (secondary N) is 2. The first-order chi connectivity index (χ1) is 8.03. The van der Waals surface area contributed by atoms with Gasteiger partial charge in [0.1, 0.15) is 0 Å². The van der Waals surface area contributed by atoms with Crippen molar-refractivity contribution in [3.05, 3.63) is 0 Å². The molecule has 0 amide bonds. The molecule has 1 rings (SSSR count). The van der Waals surface area contributed by atoms with Gasteiger partial charge in [-0.15, -0.1) is 0 Å². The largest absolute Gasteiger partial charge is 0.385 e. The Balaban J connectivity index is 2.13. The fourth-order valence-electron chi connectivity index (χ4n) is 2.43. The van der Waals surface area contributed by atoms with Gasteiger partial charge >= 0.3 is 0 Å². The molecular weight excluding hydrogens is 212 g/mol. The first kappa shape index (κ1) is 14.9. The maximum absolute atomic E-state index is 5.15. The highest BCUT2D eigenvalue weighted by molar-refractivity contribution is 4.79. The second-order valence-corrected chi connectivity index (χ2v) is 6.32. The zero-order valence-electron chi connectivity index (χ0n) is 12.0. The predicted molar refractivity (Wildman–Crippen MR) is 73.3 cm³/mol. The molecule has 3 heteroatoms. The van der Waals surface area contributed by atoms with Crippen LogP contribution in [0.1, 0.15) is 40.0 Å². The van der Waals surface area contributed by atoms with E-state index in [1.807, 2.05) is 0 Å². The van der Waals surface area contributed by atoms with Crippen molar-refractivity contribution in [3.63, 3.8) is 0 Å². The van der Waals surface area contributed by atoms with Gasteiger partial charge in [0.25, 0.3) is 0 Å². The molecule has 1 heterocycles. The minimum atomic E-state index is 0.330. The van der Waals surface area contributed by atoms with Gasteiger partial charge in [0.2, 0.25) is 0 Å². The lowest BCUT2D eigenvalue weighted by molar-refractivity contribution is 0.150. The van der Waals surface area contributed by atoms with Crippen LogP contribution in [0.25, 0.3) is 0 Å². The van der Waals surface area contributed by atoms with E-state index in [1.54, 1.807) is 7.11 Å². The summed E-state index contributed by atoms with van der Waals surface area (Å²) >= 11 is 0. The van der Waals surface area contributed by atoms with E-state index in [0.29, 0.717) is 11.5 Å². The van der Waals surface area contributed by atoms with E-state index >= 15 is 0 Å². The summed E-state index contributed by atoms with van der Waals surface area (Å²) in [5.41, 5.74) is 0.330. The minimum Gasteiger partial charge on any atom is -0.385 e. The Morgan fingerprint density at radius 2 is 2.18 bits per heavy atom. The van der Waals surface area contributed by atoms with E-state index in [0.717, 1.165) is 32.0 Å². The zero-order valence-corrected chi connectivity index (χ0v) is 12.0. The number of ether oxygens (including phenoxy) is 1. The van der Waals surface area contributed by atoms with E-state index in [1.165, 1.54) is 19.4 Å². The third-order valence-electron chi connectivity index (χ3n) is 3.73. The lowest BCUT2D eigenvalue weighted by atomic mass is 9.89. The number of hydrogen-bond donors (Lipinski definition) is 2. The van der Waals surface area contributed by atoms with E-state index in [9.17, 15) is 0 Å². The van der Waals surface area contributed by atoms with Crippen molar-refractivity contribution in [1.82, 2.24) is 10.6 Å². The van der Waals surface area contributed by atoms with Crippen LogP contribution in [0, 0.1) is 11.3 Å². The van der Waals surface area contributed by atoms with Crippen molar-refractivity contribution in [1.29, 1.82) is 0 Å². The maximum atomic E-state index is 5.15. The standard InChI is InChI=1S/C14H30N2O/c1-12-5-7-16-13(9-12)10-15-11-14(2,3)6-8-17-4/h12-13,15-16H,5-11H2,1-4H3. The molecule has 0 aromatic carbocycles. The summed E-state index contributed by atoms with van der Waals surface area (Å²) in [6.45, 7) is 11.2. The molecule has 0 spiro atoms. The van der Waals surface area contributed by atoms with Crippen molar-refractivity contribution in [2.75, 3.05) is 33.4 Å². The van der Waals surface area contributed by atoms with Crippen LogP contribution in [0.5, 0.6) is 0 Å². The highest BCUT2D eigenvalue weighted by Gasteiger charge is 2.20. The van der Waals surface area contributed by atoms with Gasteiger partial charge in [-0.3, -0.25) is 0 Å². The number of piperidine rings is 1. The third kappa shape index (κ3) is 6.39. The molecule has 0 aromatic rings. The first-order valence-electron chi connectivity index (χ1n) is 6.96. The highest BCUT2D eigenvalue weighted by Crippen LogP contribution is 2.19. The Morgan fingerprint density at radius 3 is 2.82 bits per heavy atom. The second kappa shape index (κ2) is 7.34. The van der Waals surface area contributed by atoms with Gasteiger partial charge in [0.05, 0.1) is 0 Å². The summed E-state index contributed by atoms with van der Waals surface area (Å²) < 4.78 is 5.15. The molecule has 102 valence electrons. The van der Waals surface area contributed by atoms with Crippen LogP contribution in [-0.2, 0) is 4.74 Å². The predicted octanol–water partition coefficient (Wildman–Crippen LogP) is 2.03. The molecule has 0 aliphatic carbocycles. The molecular formula is C14H30N2O. The van der Waals surface area contributed by atoms with Crippen LogP contribution in [0.3, 0.4) is 0 Å². The van der Waals surface area contributed by atoms with Crippen LogP contribution in [0.4, 0.5) is 0 Å². The van der Waals surface area contributed by atoms with Crippen molar-refractivity contribution in [3.8, 4) is 0 Å². The van der Waals surface area contributed by atoms with E-state index in [2.05, 4.69) is 31.4 Å². The summed E-state index contributed by atoms with van der Waals surface area (Å²) in [5, 5.41) is 7.20. The Labute approximate surface area is 107 Å². The number of hydrogen-bond acceptors (Lipinski definition) is 3. The summed E-state index contributed by atoms with van der Waals surface area (Å²) in [4.78, 5) is 0. The molecule has 2 N–H and O–H groups in total. The van der Waals surface area contributed by atoms with E-state index in [-0.39, 0.29) is 0 Å². The van der Waals surface area contributed by atoms with Gasteiger partial charge in [0, 0.05) is 32.8 Å². The van der Waals surface area contributed by atoms with Crippen LogP contribution >= 0.6 is 0 Å². The van der Waals surface area contributed by atoms with Gasteiger partial charge in [-0.2, -0.15) is 0 Å². The topological polar surface area (TPSA) is 33.3 Å². The first-order valence-corrected chi connectivity index (χ1v) is 6.96. The molecule has 17 heavy (non-hydrogen) atoms. The lowest BCUT2D eigenvalue weighted by Crippen LogP contribution is -2.45. The van der Waals surface area contributed by atoms with E-state index in [4.69, 9.17) is 4.74 Å². The maximum Gasteiger partial charge on any atom is 0.0467 e. The Morgan fingerprint density at radius 1 is 1.41 bits per heavy atom. The number of rotatable bonds is 7. The number of methoxy groups -OCH3 is 1. The van der Waals surface area contributed by atoms with Gasteiger partial charge in [-0.1, -0.05) is 20.8 Å². The minimum absolute atomic E-state index is 0.330. The van der Waals surface area contributed by atoms with Gasteiger partial charge in [-0.25, -0.2) is 0 Å². The zero-order chi connectivity index (χ0) is 12.7. The lowest BCUT2D eigenvalue weighted by Gasteiger charge is -2.30.